The summed E-state index contributed by atoms with van der Waals surface area (Å²) in [5, 5.41) is 3.75. The molecule has 1 aromatic heterocycles. The van der Waals surface area contributed by atoms with Gasteiger partial charge in [0.15, 0.2) is 0 Å². The molecule has 3 saturated heterocycles. The van der Waals surface area contributed by atoms with Gasteiger partial charge in [-0.25, -0.2) is 4.98 Å². The van der Waals surface area contributed by atoms with Gasteiger partial charge >= 0.3 is 0 Å². The molecule has 0 saturated carbocycles. The van der Waals surface area contributed by atoms with Crippen LogP contribution in [0.2, 0.25) is 0 Å². The van der Waals surface area contributed by atoms with Crippen LogP contribution in [0.5, 0.6) is 0 Å². The lowest BCUT2D eigenvalue weighted by Crippen LogP contribution is -2.66. The minimum absolute atomic E-state index is 0.108. The highest BCUT2D eigenvalue weighted by atomic mass is 16.2. The lowest BCUT2D eigenvalue weighted by molar-refractivity contribution is -0.133. The van der Waals surface area contributed by atoms with Crippen molar-refractivity contribution in [3.05, 3.63) is 70.3 Å². The quantitative estimate of drug-likeness (QED) is 0.575. The van der Waals surface area contributed by atoms with E-state index in [1.54, 1.807) is 10.6 Å². The Hall–Kier alpha value is -3.52. The van der Waals surface area contributed by atoms with Crippen molar-refractivity contribution >= 4 is 28.4 Å². The van der Waals surface area contributed by atoms with Crippen LogP contribution in [-0.2, 0) is 15.0 Å². The number of fused-ring (bicyclic) bond motifs is 7. The number of rotatable bonds is 0. The van der Waals surface area contributed by atoms with Crippen molar-refractivity contribution < 1.29 is 9.59 Å². The summed E-state index contributed by atoms with van der Waals surface area (Å²) in [5.74, 6) is 0.607. The Bertz CT molecular complexity index is 1480. The Morgan fingerprint density at radius 2 is 1.82 bits per heavy atom. The van der Waals surface area contributed by atoms with Gasteiger partial charge in [0.05, 0.1) is 22.4 Å². The number of carbonyl (C=O) groups is 2. The zero-order chi connectivity index (χ0) is 22.1. The van der Waals surface area contributed by atoms with Gasteiger partial charge in [-0.1, -0.05) is 30.3 Å². The van der Waals surface area contributed by atoms with Crippen LogP contribution in [0.3, 0.4) is 0 Å². The largest absolute Gasteiger partial charge is 0.343 e. The highest BCUT2D eigenvalue weighted by Gasteiger charge is 2.70. The molecule has 2 bridgehead atoms. The predicted molar refractivity (Wildman–Crippen MR) is 120 cm³/mol. The molecule has 2 aromatic carbocycles. The first-order valence-electron chi connectivity index (χ1n) is 11.6. The van der Waals surface area contributed by atoms with Gasteiger partial charge < -0.3 is 5.32 Å². The zero-order valence-electron chi connectivity index (χ0n) is 17.8. The van der Waals surface area contributed by atoms with E-state index in [0.717, 1.165) is 30.6 Å². The van der Waals surface area contributed by atoms with Crippen LogP contribution in [0.25, 0.3) is 10.9 Å². The minimum atomic E-state index is -0.653. The van der Waals surface area contributed by atoms with E-state index in [1.165, 1.54) is 0 Å². The fraction of sp³-hybridized carbons (Fsp3) is 0.360. The topological polar surface area (TPSA) is 87.5 Å². The van der Waals surface area contributed by atoms with Gasteiger partial charge in [0.25, 0.3) is 5.56 Å². The third kappa shape index (κ3) is 1.86. The van der Waals surface area contributed by atoms with Crippen LogP contribution in [0.15, 0.2) is 53.3 Å². The number of hydrogen-bond acceptors (Lipinski definition) is 5. The summed E-state index contributed by atoms with van der Waals surface area (Å²) in [5.41, 5.74) is 1.91. The first kappa shape index (κ1) is 18.0. The van der Waals surface area contributed by atoms with Crippen molar-refractivity contribution in [3.8, 4) is 0 Å². The molecule has 1 N–H and O–H groups in total. The second-order valence-corrected chi connectivity index (χ2v) is 9.86. The zero-order valence-corrected chi connectivity index (χ0v) is 17.8. The molecule has 7 heterocycles. The molecule has 6 aliphatic rings. The third-order valence-electron chi connectivity index (χ3n) is 8.54. The average Bonchev–Trinajstić information content (AvgIpc) is 3.49. The molecule has 3 fully saturated rings. The van der Waals surface area contributed by atoms with Crippen LogP contribution in [-0.4, -0.2) is 45.0 Å². The van der Waals surface area contributed by atoms with Gasteiger partial charge in [-0.05, 0) is 43.0 Å². The first-order valence-corrected chi connectivity index (χ1v) is 11.6. The van der Waals surface area contributed by atoms with Crippen molar-refractivity contribution in [1.29, 1.82) is 0 Å². The summed E-state index contributed by atoms with van der Waals surface area (Å²) in [4.78, 5) is 49.4. The van der Waals surface area contributed by atoms with Crippen molar-refractivity contribution in [2.45, 2.75) is 49.0 Å². The third-order valence-corrected chi connectivity index (χ3v) is 8.54. The molecule has 1 spiro atoms. The highest BCUT2D eigenvalue weighted by Crippen LogP contribution is 2.62. The number of para-hydroxylation sites is 2. The van der Waals surface area contributed by atoms with Crippen LogP contribution in [0.1, 0.15) is 42.7 Å². The van der Waals surface area contributed by atoms with Gasteiger partial charge in [-0.15, -0.1) is 0 Å². The number of nitrogens with one attached hydrogen (secondary N) is 1. The van der Waals surface area contributed by atoms with E-state index >= 15 is 0 Å². The number of anilines is 1. The van der Waals surface area contributed by atoms with E-state index in [-0.39, 0.29) is 29.6 Å². The van der Waals surface area contributed by atoms with Crippen LogP contribution in [0, 0.1) is 0 Å². The summed E-state index contributed by atoms with van der Waals surface area (Å²) in [6, 6.07) is 14.1. The molecule has 33 heavy (non-hydrogen) atoms. The summed E-state index contributed by atoms with van der Waals surface area (Å²) >= 11 is 0. The van der Waals surface area contributed by atoms with Crippen LogP contribution >= 0.6 is 0 Å². The Morgan fingerprint density at radius 1 is 1.00 bits per heavy atom. The van der Waals surface area contributed by atoms with Gasteiger partial charge in [0.2, 0.25) is 11.8 Å². The summed E-state index contributed by atoms with van der Waals surface area (Å²) in [6.07, 6.45) is 2.15. The summed E-state index contributed by atoms with van der Waals surface area (Å²) in [6.45, 7) is 0.858. The molecule has 3 aromatic rings. The van der Waals surface area contributed by atoms with E-state index in [9.17, 15) is 14.4 Å². The first-order chi connectivity index (χ1) is 16.1. The number of nitrogens with zero attached hydrogens (tertiary/aromatic N) is 4. The second-order valence-electron chi connectivity index (χ2n) is 9.86. The smallest absolute Gasteiger partial charge is 0.262 e. The van der Waals surface area contributed by atoms with E-state index in [0.29, 0.717) is 23.1 Å². The second kappa shape index (κ2) is 5.69. The molecule has 2 amide bonds. The molecular formula is C25H21N5O3. The fourth-order valence-electron chi connectivity index (χ4n) is 7.36. The molecular weight excluding hydrogens is 418 g/mol. The monoisotopic (exact) mass is 439 g/mol. The normalized spacial score (nSPS) is 33.4. The molecule has 5 atom stereocenters. The maximum absolute atomic E-state index is 13.5. The molecule has 8 heteroatoms. The standard InChI is InChI=1S/C25H21N5O3/c31-21-18-12-25(19(27-21)20-26-15-8-3-1-6-13(15)22(32)29(18)20)14-7-2-4-9-16(14)30-23(33)17-10-5-11-28(17)24(25)30/h1-4,6-9,17-19,24H,5,10-12H2,(H,27,31)/t17?,18-,19+,24?,25-/m0/s1. The van der Waals surface area contributed by atoms with Crippen molar-refractivity contribution in [3.63, 3.8) is 0 Å². The molecule has 0 aliphatic carbocycles. The Labute approximate surface area is 188 Å². The number of hydrogen-bond donors (Lipinski definition) is 1. The lowest BCUT2D eigenvalue weighted by atomic mass is 9.64. The van der Waals surface area contributed by atoms with Crippen LogP contribution in [0.4, 0.5) is 5.69 Å². The lowest BCUT2D eigenvalue weighted by Gasteiger charge is -2.53. The van der Waals surface area contributed by atoms with Gasteiger partial charge in [-0.2, -0.15) is 0 Å². The number of piperidine rings is 1. The van der Waals surface area contributed by atoms with Crippen molar-refractivity contribution in [2.24, 2.45) is 0 Å². The molecule has 9 rings (SSSR count). The van der Waals surface area contributed by atoms with Crippen LogP contribution < -0.4 is 15.8 Å². The summed E-state index contributed by atoms with van der Waals surface area (Å²) in [7, 11) is 0. The van der Waals surface area contributed by atoms with E-state index in [1.807, 2.05) is 41.3 Å². The maximum atomic E-state index is 13.5. The number of carbonyl (C=O) groups excluding carboxylic acids is 2. The molecule has 164 valence electrons. The van der Waals surface area contributed by atoms with Crippen molar-refractivity contribution in [1.82, 2.24) is 19.8 Å². The minimum Gasteiger partial charge on any atom is -0.343 e. The average molecular weight is 439 g/mol. The number of aromatic nitrogens is 2. The van der Waals surface area contributed by atoms with E-state index in [2.05, 4.69) is 16.3 Å². The number of amides is 2. The summed E-state index contributed by atoms with van der Waals surface area (Å²) < 4.78 is 1.61. The molecule has 8 nitrogen and oxygen atoms in total. The van der Waals surface area contributed by atoms with Gasteiger partial charge in [0, 0.05) is 12.2 Å². The Kier molecular flexibility index (Phi) is 3.10. The van der Waals surface area contributed by atoms with E-state index < -0.39 is 17.5 Å². The molecule has 2 unspecified atom stereocenters. The van der Waals surface area contributed by atoms with Gasteiger partial charge in [-0.3, -0.25) is 28.8 Å². The molecule has 0 radical (unpaired) electrons. The van der Waals surface area contributed by atoms with E-state index in [4.69, 9.17) is 4.98 Å². The van der Waals surface area contributed by atoms with Crippen molar-refractivity contribution in [2.75, 3.05) is 11.4 Å². The van der Waals surface area contributed by atoms with Gasteiger partial charge in [0.1, 0.15) is 24.1 Å². The fourth-order valence-corrected chi connectivity index (χ4v) is 7.36. The maximum Gasteiger partial charge on any atom is 0.262 e. The SMILES string of the molecule is O=C1N[C@@H]2c3nc4ccccc4c(=O)n3[C@H]1C[C@]21c2ccccc2N2C(=O)C3CCCN3C21. The predicted octanol–water partition coefficient (Wildman–Crippen LogP) is 1.60. The number of benzene rings is 2. The highest BCUT2D eigenvalue weighted by molar-refractivity contribution is 6.03. The molecule has 6 aliphatic heterocycles. The Morgan fingerprint density at radius 3 is 2.73 bits per heavy atom. The Balaban J connectivity index is 1.44.